The van der Waals surface area contributed by atoms with E-state index in [1.165, 1.54) is 0 Å². The SMILES string of the molecule is COc1ccc(CNc2cccc(Oc3ccccc3)n2)cc1. The van der Waals surface area contributed by atoms with Crippen LogP contribution in [0.3, 0.4) is 0 Å². The van der Waals surface area contributed by atoms with Crippen LogP contribution in [-0.2, 0) is 6.54 Å². The molecule has 1 N–H and O–H groups in total. The van der Waals surface area contributed by atoms with Crippen LogP contribution in [-0.4, -0.2) is 12.1 Å². The summed E-state index contributed by atoms with van der Waals surface area (Å²) in [5.74, 6) is 2.96. The molecule has 4 nitrogen and oxygen atoms in total. The molecule has 2 aromatic carbocycles. The molecule has 3 rings (SSSR count). The van der Waals surface area contributed by atoms with Crippen molar-refractivity contribution >= 4 is 5.82 Å². The highest BCUT2D eigenvalue weighted by Crippen LogP contribution is 2.20. The lowest BCUT2D eigenvalue weighted by Crippen LogP contribution is -2.01. The molecule has 0 bridgehead atoms. The number of anilines is 1. The Morgan fingerprint density at radius 1 is 0.826 bits per heavy atom. The van der Waals surface area contributed by atoms with E-state index in [0.717, 1.165) is 22.9 Å². The number of nitrogens with zero attached hydrogens (tertiary/aromatic N) is 1. The molecule has 0 unspecified atom stereocenters. The summed E-state index contributed by atoms with van der Waals surface area (Å²) in [7, 11) is 1.66. The number of methoxy groups -OCH3 is 1. The summed E-state index contributed by atoms with van der Waals surface area (Å²) in [6.07, 6.45) is 0. The average molecular weight is 306 g/mol. The maximum absolute atomic E-state index is 5.73. The maximum Gasteiger partial charge on any atom is 0.221 e. The first-order chi connectivity index (χ1) is 11.3. The summed E-state index contributed by atoms with van der Waals surface area (Å²) in [4.78, 5) is 4.46. The molecule has 0 aliphatic heterocycles. The molecule has 0 saturated heterocycles. The predicted octanol–water partition coefficient (Wildman–Crippen LogP) is 4.49. The van der Waals surface area contributed by atoms with Crippen LogP contribution in [0.15, 0.2) is 72.8 Å². The lowest BCUT2D eigenvalue weighted by atomic mass is 10.2. The Labute approximate surface area is 135 Å². The van der Waals surface area contributed by atoms with Gasteiger partial charge >= 0.3 is 0 Å². The van der Waals surface area contributed by atoms with E-state index >= 15 is 0 Å². The molecule has 116 valence electrons. The van der Waals surface area contributed by atoms with Crippen molar-refractivity contribution in [1.82, 2.24) is 4.98 Å². The van der Waals surface area contributed by atoms with Gasteiger partial charge in [0, 0.05) is 12.6 Å². The van der Waals surface area contributed by atoms with Crippen molar-refractivity contribution in [3.8, 4) is 17.4 Å². The van der Waals surface area contributed by atoms with Gasteiger partial charge in [-0.3, -0.25) is 0 Å². The van der Waals surface area contributed by atoms with Crippen molar-refractivity contribution in [3.63, 3.8) is 0 Å². The maximum atomic E-state index is 5.73. The third-order valence-electron chi connectivity index (χ3n) is 3.32. The van der Waals surface area contributed by atoms with Crippen LogP contribution in [0.1, 0.15) is 5.56 Å². The zero-order valence-electron chi connectivity index (χ0n) is 12.9. The van der Waals surface area contributed by atoms with Crippen LogP contribution >= 0.6 is 0 Å². The molecule has 1 heterocycles. The first kappa shape index (κ1) is 14.9. The first-order valence-corrected chi connectivity index (χ1v) is 7.40. The highest BCUT2D eigenvalue weighted by Gasteiger charge is 2.01. The Bertz CT molecular complexity index is 743. The summed E-state index contributed by atoms with van der Waals surface area (Å²) in [6.45, 7) is 0.686. The fraction of sp³-hybridized carbons (Fsp3) is 0.105. The molecular weight excluding hydrogens is 288 g/mol. The summed E-state index contributed by atoms with van der Waals surface area (Å²) < 4.78 is 10.9. The Morgan fingerprint density at radius 2 is 1.61 bits per heavy atom. The highest BCUT2D eigenvalue weighted by molar-refractivity contribution is 5.40. The number of nitrogens with one attached hydrogen (secondary N) is 1. The number of hydrogen-bond acceptors (Lipinski definition) is 4. The predicted molar refractivity (Wildman–Crippen MR) is 91.1 cm³/mol. The topological polar surface area (TPSA) is 43.4 Å². The van der Waals surface area contributed by atoms with Gasteiger partial charge in [-0.1, -0.05) is 36.4 Å². The quantitative estimate of drug-likeness (QED) is 0.728. The summed E-state index contributed by atoms with van der Waals surface area (Å²) in [6, 6.07) is 23.2. The summed E-state index contributed by atoms with van der Waals surface area (Å²) in [5, 5.41) is 3.29. The van der Waals surface area contributed by atoms with Crippen molar-refractivity contribution in [2.75, 3.05) is 12.4 Å². The first-order valence-electron chi connectivity index (χ1n) is 7.40. The Balaban J connectivity index is 1.63. The van der Waals surface area contributed by atoms with Gasteiger partial charge in [-0.05, 0) is 35.9 Å². The molecule has 0 spiro atoms. The number of ether oxygens (including phenoxy) is 2. The fourth-order valence-electron chi connectivity index (χ4n) is 2.12. The van der Waals surface area contributed by atoms with E-state index in [4.69, 9.17) is 9.47 Å². The average Bonchev–Trinajstić information content (AvgIpc) is 2.62. The van der Waals surface area contributed by atoms with Gasteiger partial charge in [0.1, 0.15) is 17.3 Å². The van der Waals surface area contributed by atoms with Gasteiger partial charge in [0.2, 0.25) is 5.88 Å². The number of aromatic nitrogens is 1. The van der Waals surface area contributed by atoms with E-state index < -0.39 is 0 Å². The molecule has 0 fully saturated rings. The molecule has 1 aromatic heterocycles. The van der Waals surface area contributed by atoms with Crippen molar-refractivity contribution in [2.24, 2.45) is 0 Å². The van der Waals surface area contributed by atoms with Gasteiger partial charge in [-0.25, -0.2) is 0 Å². The third-order valence-corrected chi connectivity index (χ3v) is 3.32. The monoisotopic (exact) mass is 306 g/mol. The van der Waals surface area contributed by atoms with Gasteiger partial charge < -0.3 is 14.8 Å². The molecule has 4 heteroatoms. The third kappa shape index (κ3) is 4.23. The van der Waals surface area contributed by atoms with Crippen LogP contribution in [0, 0.1) is 0 Å². The van der Waals surface area contributed by atoms with E-state index in [-0.39, 0.29) is 0 Å². The Hall–Kier alpha value is -3.01. The molecule has 0 aliphatic rings. The number of benzene rings is 2. The minimum Gasteiger partial charge on any atom is -0.497 e. The van der Waals surface area contributed by atoms with Crippen molar-refractivity contribution in [3.05, 3.63) is 78.4 Å². The fourth-order valence-corrected chi connectivity index (χ4v) is 2.12. The zero-order valence-corrected chi connectivity index (χ0v) is 12.9. The number of hydrogen-bond donors (Lipinski definition) is 1. The molecule has 0 saturated carbocycles. The number of pyridine rings is 1. The second-order valence-corrected chi connectivity index (χ2v) is 4.98. The van der Waals surface area contributed by atoms with Crippen LogP contribution in [0.25, 0.3) is 0 Å². The van der Waals surface area contributed by atoms with E-state index in [1.54, 1.807) is 7.11 Å². The van der Waals surface area contributed by atoms with Crippen LogP contribution in [0.4, 0.5) is 5.82 Å². The molecule has 0 aliphatic carbocycles. The molecule has 3 aromatic rings. The van der Waals surface area contributed by atoms with Gasteiger partial charge in [0.15, 0.2) is 0 Å². The molecule has 23 heavy (non-hydrogen) atoms. The smallest absolute Gasteiger partial charge is 0.221 e. The lowest BCUT2D eigenvalue weighted by Gasteiger charge is -2.09. The molecular formula is C19H18N2O2. The van der Waals surface area contributed by atoms with Crippen molar-refractivity contribution < 1.29 is 9.47 Å². The molecule has 0 radical (unpaired) electrons. The van der Waals surface area contributed by atoms with E-state index in [1.807, 2.05) is 72.8 Å². The molecule has 0 amide bonds. The van der Waals surface area contributed by atoms with Crippen molar-refractivity contribution in [1.29, 1.82) is 0 Å². The Kier molecular flexibility index (Phi) is 4.74. The standard InChI is InChI=1S/C19H18N2O2/c1-22-16-12-10-15(11-13-16)14-20-18-8-5-9-19(21-18)23-17-6-3-2-4-7-17/h2-13H,14H2,1H3,(H,20,21). The zero-order chi connectivity index (χ0) is 15.9. The highest BCUT2D eigenvalue weighted by atomic mass is 16.5. The van der Waals surface area contributed by atoms with Crippen LogP contribution in [0.2, 0.25) is 0 Å². The number of rotatable bonds is 6. The summed E-state index contributed by atoms with van der Waals surface area (Å²) >= 11 is 0. The van der Waals surface area contributed by atoms with Gasteiger partial charge in [-0.2, -0.15) is 4.98 Å². The van der Waals surface area contributed by atoms with E-state index in [9.17, 15) is 0 Å². The number of para-hydroxylation sites is 1. The Morgan fingerprint density at radius 3 is 2.35 bits per heavy atom. The second kappa shape index (κ2) is 7.31. The second-order valence-electron chi connectivity index (χ2n) is 4.98. The van der Waals surface area contributed by atoms with Crippen LogP contribution in [0.5, 0.6) is 17.4 Å². The molecule has 0 atom stereocenters. The van der Waals surface area contributed by atoms with E-state index in [2.05, 4.69) is 10.3 Å². The van der Waals surface area contributed by atoms with Gasteiger partial charge in [0.25, 0.3) is 0 Å². The van der Waals surface area contributed by atoms with Gasteiger partial charge in [-0.15, -0.1) is 0 Å². The van der Waals surface area contributed by atoms with E-state index in [0.29, 0.717) is 12.4 Å². The normalized spacial score (nSPS) is 10.1. The minimum atomic E-state index is 0.566. The minimum absolute atomic E-state index is 0.566. The lowest BCUT2D eigenvalue weighted by molar-refractivity contribution is 0.414. The largest absolute Gasteiger partial charge is 0.497 e. The van der Waals surface area contributed by atoms with Gasteiger partial charge in [0.05, 0.1) is 7.11 Å². The van der Waals surface area contributed by atoms with Crippen LogP contribution < -0.4 is 14.8 Å². The summed E-state index contributed by atoms with van der Waals surface area (Å²) in [5.41, 5.74) is 1.15. The van der Waals surface area contributed by atoms with Crippen molar-refractivity contribution in [2.45, 2.75) is 6.54 Å².